The van der Waals surface area contributed by atoms with Gasteiger partial charge in [-0.15, -0.1) is 0 Å². The fourth-order valence-electron chi connectivity index (χ4n) is 4.72. The number of ether oxygens (including phenoxy) is 2. The summed E-state index contributed by atoms with van der Waals surface area (Å²) >= 11 is 6.28. The minimum atomic E-state index is -0.250. The molecule has 252 valence electrons. The van der Waals surface area contributed by atoms with E-state index in [1.54, 1.807) is 26.4 Å². The fraction of sp³-hybridized carbons (Fsp3) is 0.758. The van der Waals surface area contributed by atoms with E-state index >= 15 is 0 Å². The number of nitrogens with one attached hydrogen (secondary N) is 2. The molecule has 0 aromatic heterocycles. The van der Waals surface area contributed by atoms with Gasteiger partial charge >= 0.3 is 0 Å². The molecule has 3 atom stereocenters. The molecule has 1 saturated heterocycles. The zero-order chi connectivity index (χ0) is 33.0. The molecule has 9 nitrogen and oxygen atoms in total. The maximum Gasteiger partial charge on any atom is 0.290 e. The number of carbonyl (C=O) groups excluding carboxylic acids is 1. The highest BCUT2D eigenvalue weighted by Gasteiger charge is 2.27. The number of rotatable bonds is 14. The van der Waals surface area contributed by atoms with Gasteiger partial charge in [-0.05, 0) is 82.4 Å². The number of nitrogens with zero attached hydrogens (tertiary/aromatic N) is 1. The van der Waals surface area contributed by atoms with E-state index in [2.05, 4.69) is 36.3 Å². The number of benzene rings is 1. The zero-order valence-corrected chi connectivity index (χ0v) is 29.1. The predicted molar refractivity (Wildman–Crippen MR) is 180 cm³/mol. The molecule has 3 unspecified atom stereocenters. The van der Waals surface area contributed by atoms with E-state index in [0.717, 1.165) is 56.9 Å². The standard InChI is InChI=1S/C23H38ClN3O3.C7H17N.C2H6.CH2O2/c1-4-5-6-7-11-27-12-8-9-20(21(29-2)10-13-27)26-23(28)18-15-19(24)17(16-25)14-22(18)30-3;1-4-7(2)5-6-8-3;1-2;2-1-3/h14-15,20-21H,4-13,16,25H2,1-3H3,(H,26,28);7-8H,4-6H2,1-3H3;1-2H3;1H,(H,2,3). The van der Waals surface area contributed by atoms with Crippen molar-refractivity contribution in [2.75, 3.05) is 47.4 Å². The summed E-state index contributed by atoms with van der Waals surface area (Å²) in [5.74, 6) is 1.18. The first-order valence-corrected chi connectivity index (χ1v) is 16.5. The van der Waals surface area contributed by atoms with Gasteiger partial charge < -0.3 is 35.8 Å². The first-order valence-electron chi connectivity index (χ1n) is 16.1. The van der Waals surface area contributed by atoms with Gasteiger partial charge in [-0.25, -0.2) is 0 Å². The van der Waals surface area contributed by atoms with Crippen LogP contribution in [-0.4, -0.2) is 82.0 Å². The van der Waals surface area contributed by atoms with E-state index in [1.165, 1.54) is 38.5 Å². The molecule has 1 aliphatic heterocycles. The molecule has 0 radical (unpaired) electrons. The van der Waals surface area contributed by atoms with E-state index in [1.807, 2.05) is 20.9 Å². The van der Waals surface area contributed by atoms with Gasteiger partial charge in [0, 0.05) is 25.2 Å². The normalized spacial score (nSPS) is 17.3. The zero-order valence-electron chi connectivity index (χ0n) is 28.3. The number of carbonyl (C=O) groups is 2. The summed E-state index contributed by atoms with van der Waals surface area (Å²) in [5, 5.41) is 13.7. The largest absolute Gasteiger partial charge is 0.496 e. The Morgan fingerprint density at radius 3 is 2.40 bits per heavy atom. The highest BCUT2D eigenvalue weighted by atomic mass is 35.5. The molecule has 5 N–H and O–H groups in total. The maximum absolute atomic E-state index is 13.0. The molecule has 1 amide bonds. The highest BCUT2D eigenvalue weighted by Crippen LogP contribution is 2.27. The average Bonchev–Trinajstić information content (AvgIpc) is 3.01. The SMILES string of the molecule is CC.CCC(C)CCNC.CCCCCCN1CCCC(NC(=O)c2cc(Cl)c(CN)cc2OC)C(OC)CC1.O=CO. The first kappa shape index (κ1) is 43.2. The van der Waals surface area contributed by atoms with Gasteiger partial charge in [0.1, 0.15) is 5.75 Å². The molecule has 1 aromatic carbocycles. The lowest BCUT2D eigenvalue weighted by Gasteiger charge is -2.33. The summed E-state index contributed by atoms with van der Waals surface area (Å²) in [4.78, 5) is 23.9. The summed E-state index contributed by atoms with van der Waals surface area (Å²) in [6.07, 6.45) is 10.5. The van der Waals surface area contributed by atoms with Crippen LogP contribution in [0.4, 0.5) is 0 Å². The van der Waals surface area contributed by atoms with Gasteiger partial charge in [0.2, 0.25) is 0 Å². The van der Waals surface area contributed by atoms with Crippen molar-refractivity contribution in [3.63, 3.8) is 0 Å². The van der Waals surface area contributed by atoms with Crippen molar-refractivity contribution in [3.8, 4) is 5.75 Å². The van der Waals surface area contributed by atoms with Crippen LogP contribution >= 0.6 is 11.6 Å². The second-order valence-corrected chi connectivity index (χ2v) is 11.0. The Kier molecular flexibility index (Phi) is 29.0. The van der Waals surface area contributed by atoms with Crippen LogP contribution in [0.3, 0.4) is 0 Å². The van der Waals surface area contributed by atoms with E-state index in [9.17, 15) is 4.79 Å². The predicted octanol–water partition coefficient (Wildman–Crippen LogP) is 6.36. The Balaban J connectivity index is 0. The van der Waals surface area contributed by atoms with Crippen LogP contribution in [0.2, 0.25) is 5.02 Å². The van der Waals surface area contributed by atoms with Crippen LogP contribution in [0.25, 0.3) is 0 Å². The summed E-state index contributed by atoms with van der Waals surface area (Å²) in [6.45, 7) is 15.2. The van der Waals surface area contributed by atoms with Gasteiger partial charge in [0.05, 0.1) is 24.8 Å². The molecule has 1 aliphatic rings. The van der Waals surface area contributed by atoms with Crippen molar-refractivity contribution in [2.45, 2.75) is 111 Å². The highest BCUT2D eigenvalue weighted by molar-refractivity contribution is 6.31. The fourth-order valence-corrected chi connectivity index (χ4v) is 4.96. The minimum absolute atomic E-state index is 0.0165. The van der Waals surface area contributed by atoms with Crippen LogP contribution in [0.5, 0.6) is 5.75 Å². The van der Waals surface area contributed by atoms with Gasteiger partial charge in [-0.1, -0.05) is 71.9 Å². The summed E-state index contributed by atoms with van der Waals surface area (Å²) < 4.78 is 11.2. The number of amides is 1. The lowest BCUT2D eigenvalue weighted by atomic mass is 9.98. The molecule has 10 heteroatoms. The van der Waals surface area contributed by atoms with Crippen LogP contribution in [0.15, 0.2) is 12.1 Å². The van der Waals surface area contributed by atoms with Crippen molar-refractivity contribution < 1.29 is 24.2 Å². The molecule has 1 fully saturated rings. The van der Waals surface area contributed by atoms with Crippen LogP contribution in [0, 0.1) is 5.92 Å². The minimum Gasteiger partial charge on any atom is -0.496 e. The maximum atomic E-state index is 13.0. The summed E-state index contributed by atoms with van der Waals surface area (Å²) in [5.41, 5.74) is 6.89. The van der Waals surface area contributed by atoms with E-state index in [4.69, 9.17) is 36.7 Å². The smallest absolute Gasteiger partial charge is 0.290 e. The Bertz CT molecular complexity index is 831. The topological polar surface area (TPSA) is 126 Å². The number of carboxylic acid groups (broad SMARTS) is 1. The van der Waals surface area contributed by atoms with Gasteiger partial charge in [0.25, 0.3) is 12.4 Å². The summed E-state index contributed by atoms with van der Waals surface area (Å²) in [7, 11) is 5.27. The number of halogens is 1. The molecule has 1 aromatic rings. The number of nitrogens with two attached hydrogens (primary N) is 1. The molecule has 43 heavy (non-hydrogen) atoms. The van der Waals surface area contributed by atoms with E-state index in [0.29, 0.717) is 22.9 Å². The molecule has 1 heterocycles. The van der Waals surface area contributed by atoms with Crippen molar-refractivity contribution in [1.29, 1.82) is 0 Å². The molecule has 0 spiro atoms. The number of methoxy groups -OCH3 is 2. The lowest BCUT2D eigenvalue weighted by molar-refractivity contribution is -0.122. The quantitative estimate of drug-likeness (QED) is 0.138. The van der Waals surface area contributed by atoms with Crippen molar-refractivity contribution in [1.82, 2.24) is 15.5 Å². The molecule has 0 bridgehead atoms. The average molecular weight is 631 g/mol. The van der Waals surface area contributed by atoms with Crippen molar-refractivity contribution >= 4 is 24.0 Å². The Morgan fingerprint density at radius 2 is 1.86 bits per heavy atom. The molecular weight excluding hydrogens is 568 g/mol. The third kappa shape index (κ3) is 19.2. The van der Waals surface area contributed by atoms with Crippen LogP contribution in [0.1, 0.15) is 108 Å². The second kappa shape index (κ2) is 28.8. The number of hydrogen-bond donors (Lipinski definition) is 4. The lowest BCUT2D eigenvalue weighted by Crippen LogP contribution is -2.47. The number of likely N-dealkylation sites (tertiary alicyclic amines) is 1. The molecule has 0 aliphatic carbocycles. The van der Waals surface area contributed by atoms with Gasteiger partial charge in [-0.3, -0.25) is 9.59 Å². The van der Waals surface area contributed by atoms with Crippen molar-refractivity contribution in [2.24, 2.45) is 11.7 Å². The molecule has 0 saturated carbocycles. The Hall–Kier alpha value is -1.91. The van der Waals surface area contributed by atoms with Gasteiger partial charge in [-0.2, -0.15) is 0 Å². The Morgan fingerprint density at radius 1 is 1.19 bits per heavy atom. The monoisotopic (exact) mass is 630 g/mol. The number of unbranched alkanes of at least 4 members (excludes halogenated alkanes) is 3. The van der Waals surface area contributed by atoms with Crippen LogP contribution in [-0.2, 0) is 16.1 Å². The van der Waals surface area contributed by atoms with Gasteiger partial charge in [0.15, 0.2) is 0 Å². The number of hydrogen-bond acceptors (Lipinski definition) is 7. The second-order valence-electron chi connectivity index (χ2n) is 10.5. The first-order chi connectivity index (χ1) is 20.8. The van der Waals surface area contributed by atoms with E-state index in [-0.39, 0.29) is 24.5 Å². The van der Waals surface area contributed by atoms with E-state index < -0.39 is 0 Å². The third-order valence-electron chi connectivity index (χ3n) is 7.53. The third-order valence-corrected chi connectivity index (χ3v) is 7.88. The Labute approximate surface area is 267 Å². The molecular formula is C33H63ClN4O5. The summed E-state index contributed by atoms with van der Waals surface area (Å²) in [6, 6.07) is 3.34. The molecule has 2 rings (SSSR count). The van der Waals surface area contributed by atoms with Crippen LogP contribution < -0.4 is 21.1 Å². The van der Waals surface area contributed by atoms with Crippen molar-refractivity contribution in [3.05, 3.63) is 28.3 Å².